The Morgan fingerprint density at radius 2 is 2.28 bits per heavy atom. The maximum absolute atomic E-state index is 11.9. The van der Waals surface area contributed by atoms with E-state index in [1.54, 1.807) is 18.4 Å². The molecule has 1 heterocycles. The minimum Gasteiger partial charge on any atom is -0.387 e. The zero-order valence-electron chi connectivity index (χ0n) is 10.2. The van der Waals surface area contributed by atoms with Gasteiger partial charge < -0.3 is 5.11 Å². The summed E-state index contributed by atoms with van der Waals surface area (Å²) in [6.45, 7) is 3.58. The van der Waals surface area contributed by atoms with Crippen molar-refractivity contribution in [2.45, 2.75) is 20.0 Å². The highest BCUT2D eigenvalue weighted by Crippen LogP contribution is 2.20. The number of rotatable bonds is 3. The minimum absolute atomic E-state index is 0.190. The van der Waals surface area contributed by atoms with Crippen LogP contribution in [0.5, 0.6) is 0 Å². The number of amides is 1. The average molecular weight is 262 g/mol. The minimum atomic E-state index is -0.620. The number of carbonyl (C=O) groups is 1. The number of anilines is 1. The fraction of sp³-hybridized carbons (Fsp3) is 0.231. The first-order chi connectivity index (χ1) is 8.56. The van der Waals surface area contributed by atoms with Crippen LogP contribution in [0, 0.1) is 6.92 Å². The highest BCUT2D eigenvalue weighted by molar-refractivity contribution is 7.14. The molecule has 0 aliphatic rings. The van der Waals surface area contributed by atoms with Crippen molar-refractivity contribution in [3.63, 3.8) is 0 Å². The largest absolute Gasteiger partial charge is 0.387 e. The molecular weight excluding hydrogens is 248 g/mol. The van der Waals surface area contributed by atoms with Gasteiger partial charge in [-0.1, -0.05) is 17.7 Å². The SMILES string of the molecule is Cc1cccc(C(=O)Nc2nc(C(C)O)cs2)c1. The number of thiazole rings is 1. The lowest BCUT2D eigenvalue weighted by molar-refractivity contribution is 0.102. The lowest BCUT2D eigenvalue weighted by Gasteiger charge is -2.02. The van der Waals surface area contributed by atoms with Crippen LogP contribution in [0.1, 0.15) is 34.6 Å². The molecule has 0 bridgehead atoms. The molecule has 2 aromatic rings. The first kappa shape index (κ1) is 12.7. The lowest BCUT2D eigenvalue weighted by Crippen LogP contribution is -2.11. The van der Waals surface area contributed by atoms with Crippen LogP contribution in [0.4, 0.5) is 5.13 Å². The van der Waals surface area contributed by atoms with Gasteiger partial charge in [-0.3, -0.25) is 10.1 Å². The molecule has 0 aliphatic carbocycles. The van der Waals surface area contributed by atoms with Crippen LogP contribution in [-0.4, -0.2) is 16.0 Å². The third kappa shape index (κ3) is 2.94. The van der Waals surface area contributed by atoms with E-state index in [2.05, 4.69) is 10.3 Å². The molecule has 1 unspecified atom stereocenters. The van der Waals surface area contributed by atoms with E-state index in [1.165, 1.54) is 11.3 Å². The molecule has 2 N–H and O–H groups in total. The van der Waals surface area contributed by atoms with Gasteiger partial charge in [-0.25, -0.2) is 4.98 Å². The van der Waals surface area contributed by atoms with Crippen LogP contribution in [-0.2, 0) is 0 Å². The predicted molar refractivity (Wildman–Crippen MR) is 71.9 cm³/mol. The number of aromatic nitrogens is 1. The number of aryl methyl sites for hydroxylation is 1. The maximum Gasteiger partial charge on any atom is 0.257 e. The number of nitrogens with zero attached hydrogens (tertiary/aromatic N) is 1. The molecule has 18 heavy (non-hydrogen) atoms. The maximum atomic E-state index is 11.9. The Kier molecular flexibility index (Phi) is 3.74. The summed E-state index contributed by atoms with van der Waals surface area (Å²) in [5.74, 6) is -0.190. The van der Waals surface area contributed by atoms with Crippen LogP contribution in [0.15, 0.2) is 29.6 Å². The average Bonchev–Trinajstić information content (AvgIpc) is 2.77. The Morgan fingerprint density at radius 3 is 2.89 bits per heavy atom. The molecule has 1 aromatic carbocycles. The molecule has 0 spiro atoms. The predicted octanol–water partition coefficient (Wildman–Crippen LogP) is 2.76. The van der Waals surface area contributed by atoms with Crippen LogP contribution in [0.3, 0.4) is 0 Å². The summed E-state index contributed by atoms with van der Waals surface area (Å²) >= 11 is 1.30. The number of hydrogen-bond acceptors (Lipinski definition) is 4. The van der Waals surface area contributed by atoms with Crippen LogP contribution in [0.25, 0.3) is 0 Å². The summed E-state index contributed by atoms with van der Waals surface area (Å²) in [6, 6.07) is 7.35. The number of benzene rings is 1. The molecule has 0 fully saturated rings. The summed E-state index contributed by atoms with van der Waals surface area (Å²) in [5, 5.41) is 14.3. The van der Waals surface area contributed by atoms with E-state index in [0.29, 0.717) is 16.4 Å². The van der Waals surface area contributed by atoms with E-state index in [4.69, 9.17) is 0 Å². The summed E-state index contributed by atoms with van der Waals surface area (Å²) in [6.07, 6.45) is -0.620. The molecule has 0 aliphatic heterocycles. The lowest BCUT2D eigenvalue weighted by atomic mass is 10.1. The summed E-state index contributed by atoms with van der Waals surface area (Å²) in [5.41, 5.74) is 2.20. The Labute approximate surface area is 109 Å². The number of nitrogens with one attached hydrogen (secondary N) is 1. The van der Waals surface area contributed by atoms with E-state index < -0.39 is 6.10 Å². The van der Waals surface area contributed by atoms with E-state index >= 15 is 0 Å². The molecular formula is C13H14N2O2S. The quantitative estimate of drug-likeness (QED) is 0.894. The molecule has 5 heteroatoms. The zero-order valence-corrected chi connectivity index (χ0v) is 11.0. The van der Waals surface area contributed by atoms with E-state index in [9.17, 15) is 9.90 Å². The van der Waals surface area contributed by atoms with Crippen LogP contribution in [0.2, 0.25) is 0 Å². The molecule has 1 atom stereocenters. The van der Waals surface area contributed by atoms with Crippen molar-refractivity contribution in [1.82, 2.24) is 4.98 Å². The van der Waals surface area contributed by atoms with Gasteiger partial charge in [0, 0.05) is 10.9 Å². The normalized spacial score (nSPS) is 12.2. The van der Waals surface area contributed by atoms with Crippen LogP contribution >= 0.6 is 11.3 Å². The Morgan fingerprint density at radius 1 is 1.50 bits per heavy atom. The molecule has 0 radical (unpaired) electrons. The van der Waals surface area contributed by atoms with Gasteiger partial charge in [-0.15, -0.1) is 11.3 Å². The second-order valence-corrected chi connectivity index (χ2v) is 4.94. The van der Waals surface area contributed by atoms with Gasteiger partial charge in [0.05, 0.1) is 11.8 Å². The Bertz CT molecular complexity index is 564. The van der Waals surface area contributed by atoms with Gasteiger partial charge in [0.25, 0.3) is 5.91 Å². The van der Waals surface area contributed by atoms with Crippen molar-refractivity contribution in [1.29, 1.82) is 0 Å². The number of hydrogen-bond donors (Lipinski definition) is 2. The highest BCUT2D eigenvalue weighted by atomic mass is 32.1. The zero-order chi connectivity index (χ0) is 13.1. The van der Waals surface area contributed by atoms with Gasteiger partial charge in [-0.05, 0) is 26.0 Å². The first-order valence-electron chi connectivity index (χ1n) is 5.58. The fourth-order valence-corrected chi connectivity index (χ4v) is 2.28. The molecule has 94 valence electrons. The number of carbonyl (C=O) groups excluding carboxylic acids is 1. The second kappa shape index (κ2) is 5.29. The van der Waals surface area contributed by atoms with Crippen molar-refractivity contribution < 1.29 is 9.90 Å². The van der Waals surface area contributed by atoms with Gasteiger partial charge in [0.15, 0.2) is 5.13 Å². The van der Waals surface area contributed by atoms with Gasteiger partial charge in [-0.2, -0.15) is 0 Å². The molecule has 1 amide bonds. The smallest absolute Gasteiger partial charge is 0.257 e. The fourth-order valence-electron chi connectivity index (χ4n) is 1.49. The van der Waals surface area contributed by atoms with Crippen molar-refractivity contribution in [2.75, 3.05) is 5.32 Å². The van der Waals surface area contributed by atoms with Crippen molar-refractivity contribution in [3.05, 3.63) is 46.5 Å². The van der Waals surface area contributed by atoms with E-state index in [1.807, 2.05) is 25.1 Å². The van der Waals surface area contributed by atoms with Gasteiger partial charge in [0.2, 0.25) is 0 Å². The van der Waals surface area contributed by atoms with Crippen molar-refractivity contribution in [2.24, 2.45) is 0 Å². The van der Waals surface area contributed by atoms with Crippen molar-refractivity contribution >= 4 is 22.4 Å². The van der Waals surface area contributed by atoms with Crippen LogP contribution < -0.4 is 5.32 Å². The Balaban J connectivity index is 2.11. The summed E-state index contributed by atoms with van der Waals surface area (Å²) < 4.78 is 0. The summed E-state index contributed by atoms with van der Waals surface area (Å²) in [7, 11) is 0. The molecule has 4 nitrogen and oxygen atoms in total. The monoisotopic (exact) mass is 262 g/mol. The molecule has 0 saturated carbocycles. The Hall–Kier alpha value is -1.72. The second-order valence-electron chi connectivity index (χ2n) is 4.08. The molecule has 1 aromatic heterocycles. The number of aliphatic hydroxyl groups excluding tert-OH is 1. The number of aliphatic hydroxyl groups is 1. The molecule has 0 saturated heterocycles. The highest BCUT2D eigenvalue weighted by Gasteiger charge is 2.10. The summed E-state index contributed by atoms with van der Waals surface area (Å²) in [4.78, 5) is 16.1. The topological polar surface area (TPSA) is 62.2 Å². The van der Waals surface area contributed by atoms with Gasteiger partial charge >= 0.3 is 0 Å². The third-order valence-corrected chi connectivity index (χ3v) is 3.23. The van der Waals surface area contributed by atoms with Gasteiger partial charge in [0.1, 0.15) is 0 Å². The van der Waals surface area contributed by atoms with E-state index in [0.717, 1.165) is 5.56 Å². The molecule has 2 rings (SSSR count). The standard InChI is InChI=1S/C13H14N2O2S/c1-8-4-3-5-10(6-8)12(17)15-13-14-11(7-18-13)9(2)16/h3-7,9,16H,1-2H3,(H,14,15,17). The third-order valence-electron chi connectivity index (χ3n) is 2.45. The first-order valence-corrected chi connectivity index (χ1v) is 6.46. The van der Waals surface area contributed by atoms with E-state index in [-0.39, 0.29) is 5.91 Å². The van der Waals surface area contributed by atoms with Crippen molar-refractivity contribution in [3.8, 4) is 0 Å².